The van der Waals surface area contributed by atoms with Crippen molar-refractivity contribution < 1.29 is 9.18 Å². The minimum Gasteiger partial charge on any atom is -0.336 e. The molecule has 1 amide bonds. The van der Waals surface area contributed by atoms with Gasteiger partial charge in [0.2, 0.25) is 5.95 Å². The first-order valence-corrected chi connectivity index (χ1v) is 3.96. The van der Waals surface area contributed by atoms with Gasteiger partial charge >= 0.3 is 0 Å². The second-order valence-electron chi connectivity index (χ2n) is 2.67. The van der Waals surface area contributed by atoms with Crippen molar-refractivity contribution in [3.8, 4) is 6.07 Å². The van der Waals surface area contributed by atoms with E-state index in [-0.39, 0.29) is 5.56 Å². The Morgan fingerprint density at radius 2 is 2.50 bits per heavy atom. The molecule has 0 aliphatic heterocycles. The highest BCUT2D eigenvalue weighted by atomic mass is 19.1. The normalized spacial score (nSPS) is 11.5. The fraction of sp³-hybridized carbons (Fsp3) is 0.222. The van der Waals surface area contributed by atoms with E-state index >= 15 is 0 Å². The summed E-state index contributed by atoms with van der Waals surface area (Å²) in [6.07, 6.45) is 1.25. The Hall–Kier alpha value is -1.96. The third kappa shape index (κ3) is 2.26. The average Bonchev–Trinajstić information content (AvgIpc) is 2.18. The van der Waals surface area contributed by atoms with Gasteiger partial charge in [-0.25, -0.2) is 4.98 Å². The summed E-state index contributed by atoms with van der Waals surface area (Å²) in [7, 11) is 0. The Labute approximate surface area is 80.4 Å². The highest BCUT2D eigenvalue weighted by Gasteiger charge is 2.13. The van der Waals surface area contributed by atoms with Crippen LogP contribution in [-0.4, -0.2) is 16.9 Å². The summed E-state index contributed by atoms with van der Waals surface area (Å²) >= 11 is 0. The maximum absolute atomic E-state index is 12.9. The number of hydrogen-bond donors (Lipinski definition) is 1. The molecule has 1 heterocycles. The molecule has 0 spiro atoms. The third-order valence-corrected chi connectivity index (χ3v) is 1.54. The standard InChI is InChI=1S/C9H8FN3O/c1-6(5-11)13-9(14)7-3-2-4-12-8(7)10/h2-4,6H,1H3,(H,13,14). The molecule has 1 N–H and O–H groups in total. The lowest BCUT2D eigenvalue weighted by Crippen LogP contribution is -2.32. The molecule has 1 atom stereocenters. The van der Waals surface area contributed by atoms with Crippen molar-refractivity contribution in [2.45, 2.75) is 13.0 Å². The van der Waals surface area contributed by atoms with Gasteiger partial charge in [0, 0.05) is 6.20 Å². The molecule has 1 aromatic rings. The van der Waals surface area contributed by atoms with Crippen LogP contribution in [0.25, 0.3) is 0 Å². The van der Waals surface area contributed by atoms with Gasteiger partial charge in [0.05, 0.1) is 11.6 Å². The van der Waals surface area contributed by atoms with Crippen molar-refractivity contribution >= 4 is 5.91 Å². The molecule has 5 heteroatoms. The highest BCUT2D eigenvalue weighted by molar-refractivity contribution is 5.94. The smallest absolute Gasteiger partial charge is 0.256 e. The SMILES string of the molecule is CC(C#N)NC(=O)c1cccnc1F. The highest BCUT2D eigenvalue weighted by Crippen LogP contribution is 2.02. The first-order chi connectivity index (χ1) is 6.65. The van der Waals surface area contributed by atoms with Gasteiger partial charge in [-0.2, -0.15) is 9.65 Å². The van der Waals surface area contributed by atoms with Gasteiger partial charge in [0.25, 0.3) is 5.91 Å². The number of carbonyl (C=O) groups excluding carboxylic acids is 1. The molecule has 4 nitrogen and oxygen atoms in total. The Balaban J connectivity index is 2.81. The van der Waals surface area contributed by atoms with E-state index in [0.717, 1.165) is 0 Å². The summed E-state index contributed by atoms with van der Waals surface area (Å²) < 4.78 is 12.9. The number of hydrogen-bond acceptors (Lipinski definition) is 3. The summed E-state index contributed by atoms with van der Waals surface area (Å²) in [4.78, 5) is 14.6. The lowest BCUT2D eigenvalue weighted by atomic mass is 10.2. The monoisotopic (exact) mass is 193 g/mol. The lowest BCUT2D eigenvalue weighted by molar-refractivity contribution is 0.0943. The van der Waals surface area contributed by atoms with Gasteiger partial charge in [0.15, 0.2) is 0 Å². The van der Waals surface area contributed by atoms with Crippen molar-refractivity contribution in [2.75, 3.05) is 0 Å². The summed E-state index contributed by atoms with van der Waals surface area (Å²) in [5.74, 6) is -1.47. The molecule has 0 saturated heterocycles. The van der Waals surface area contributed by atoms with Gasteiger partial charge < -0.3 is 5.32 Å². The number of carbonyl (C=O) groups is 1. The maximum Gasteiger partial charge on any atom is 0.256 e. The predicted molar refractivity (Wildman–Crippen MR) is 46.7 cm³/mol. The second-order valence-corrected chi connectivity index (χ2v) is 2.67. The van der Waals surface area contributed by atoms with Crippen LogP contribution in [0.3, 0.4) is 0 Å². The molecular formula is C9H8FN3O. The zero-order valence-corrected chi connectivity index (χ0v) is 7.49. The first-order valence-electron chi connectivity index (χ1n) is 3.96. The number of aromatic nitrogens is 1. The molecule has 72 valence electrons. The fourth-order valence-electron chi connectivity index (χ4n) is 0.862. The minimum absolute atomic E-state index is 0.158. The maximum atomic E-state index is 12.9. The van der Waals surface area contributed by atoms with Crippen molar-refractivity contribution in [3.05, 3.63) is 29.8 Å². The lowest BCUT2D eigenvalue weighted by Gasteiger charge is -2.05. The van der Waals surface area contributed by atoms with E-state index in [2.05, 4.69) is 10.3 Å². The molecule has 14 heavy (non-hydrogen) atoms. The first kappa shape index (κ1) is 10.1. The van der Waals surface area contributed by atoms with Crippen LogP contribution in [0.2, 0.25) is 0 Å². The molecule has 0 fully saturated rings. The van der Waals surface area contributed by atoms with Gasteiger partial charge in [-0.15, -0.1) is 0 Å². The van der Waals surface area contributed by atoms with Crippen LogP contribution in [0.4, 0.5) is 4.39 Å². The van der Waals surface area contributed by atoms with Gasteiger partial charge in [-0.05, 0) is 19.1 Å². The van der Waals surface area contributed by atoms with Crippen LogP contribution in [0, 0.1) is 17.3 Å². The number of rotatable bonds is 2. The van der Waals surface area contributed by atoms with E-state index in [4.69, 9.17) is 5.26 Å². The third-order valence-electron chi connectivity index (χ3n) is 1.54. The molecule has 1 rings (SSSR count). The van der Waals surface area contributed by atoms with Gasteiger partial charge in [-0.1, -0.05) is 0 Å². The molecule has 1 unspecified atom stereocenters. The quantitative estimate of drug-likeness (QED) is 0.708. The minimum atomic E-state index is -0.838. The van der Waals surface area contributed by atoms with Gasteiger partial charge in [-0.3, -0.25) is 4.79 Å². The molecule has 0 aliphatic carbocycles. The number of pyridine rings is 1. The summed E-state index contributed by atoms with van der Waals surface area (Å²) in [6, 6.07) is 3.92. The number of nitriles is 1. The van der Waals surface area contributed by atoms with Crippen LogP contribution in [0.5, 0.6) is 0 Å². The second kappa shape index (κ2) is 4.33. The topological polar surface area (TPSA) is 65.8 Å². The van der Waals surface area contributed by atoms with Gasteiger partial charge in [0.1, 0.15) is 6.04 Å². The van der Waals surface area contributed by atoms with E-state index in [9.17, 15) is 9.18 Å². The summed E-state index contributed by atoms with van der Waals surface area (Å²) in [5, 5.41) is 10.7. The molecule has 0 radical (unpaired) electrons. The van der Waals surface area contributed by atoms with E-state index in [1.165, 1.54) is 25.3 Å². The molecule has 0 saturated carbocycles. The number of halogens is 1. The van der Waals surface area contributed by atoms with Crippen LogP contribution in [0.15, 0.2) is 18.3 Å². The summed E-state index contributed by atoms with van der Waals surface area (Å²) in [5.41, 5.74) is -0.158. The average molecular weight is 193 g/mol. The van der Waals surface area contributed by atoms with Crippen molar-refractivity contribution in [1.82, 2.24) is 10.3 Å². The number of nitrogens with one attached hydrogen (secondary N) is 1. The predicted octanol–water partition coefficient (Wildman–Crippen LogP) is 0.863. The molecule has 0 aliphatic rings. The Kier molecular flexibility index (Phi) is 3.13. The molecule has 0 aromatic carbocycles. The fourth-order valence-corrected chi connectivity index (χ4v) is 0.862. The number of nitrogens with zero attached hydrogens (tertiary/aromatic N) is 2. The van der Waals surface area contributed by atoms with Crippen molar-refractivity contribution in [1.29, 1.82) is 5.26 Å². The Morgan fingerprint density at radius 1 is 1.79 bits per heavy atom. The zero-order chi connectivity index (χ0) is 10.6. The van der Waals surface area contributed by atoms with E-state index in [1.54, 1.807) is 0 Å². The largest absolute Gasteiger partial charge is 0.336 e. The number of amides is 1. The molecule has 1 aromatic heterocycles. The molecular weight excluding hydrogens is 185 g/mol. The van der Waals surface area contributed by atoms with E-state index < -0.39 is 17.9 Å². The zero-order valence-electron chi connectivity index (χ0n) is 7.49. The van der Waals surface area contributed by atoms with Crippen LogP contribution in [-0.2, 0) is 0 Å². The van der Waals surface area contributed by atoms with E-state index in [1.807, 2.05) is 6.07 Å². The van der Waals surface area contributed by atoms with Crippen LogP contribution in [0.1, 0.15) is 17.3 Å². The van der Waals surface area contributed by atoms with Crippen LogP contribution >= 0.6 is 0 Å². The van der Waals surface area contributed by atoms with Crippen LogP contribution < -0.4 is 5.32 Å². The molecule has 0 bridgehead atoms. The van der Waals surface area contributed by atoms with E-state index in [0.29, 0.717) is 0 Å². The van der Waals surface area contributed by atoms with Crippen molar-refractivity contribution in [3.63, 3.8) is 0 Å². The Morgan fingerprint density at radius 3 is 3.07 bits per heavy atom. The summed E-state index contributed by atoms with van der Waals surface area (Å²) in [6.45, 7) is 1.51. The Bertz CT molecular complexity index is 386. The van der Waals surface area contributed by atoms with Crippen molar-refractivity contribution in [2.24, 2.45) is 0 Å².